The molecule has 0 amide bonds. The third kappa shape index (κ3) is 41.0. The van der Waals surface area contributed by atoms with Gasteiger partial charge in [-0.25, -0.2) is 0 Å². The molecule has 0 fully saturated rings. The Morgan fingerprint density at radius 1 is 0.480 bits per heavy atom. The molecule has 50 heavy (non-hydrogen) atoms. The van der Waals surface area contributed by atoms with Gasteiger partial charge in [0.2, 0.25) is 0 Å². The van der Waals surface area contributed by atoms with Gasteiger partial charge in [0.1, 0.15) is 6.10 Å². The van der Waals surface area contributed by atoms with Crippen molar-refractivity contribution >= 4 is 5.97 Å². The molecule has 0 aromatic carbocycles. The van der Waals surface area contributed by atoms with E-state index in [1.807, 2.05) is 0 Å². The highest BCUT2D eigenvalue weighted by atomic mass is 16.6. The minimum Gasteiger partial charge on any atom is -0.457 e. The highest BCUT2D eigenvalue weighted by molar-refractivity contribution is 5.69. The number of aliphatic hydroxyl groups is 1. The summed E-state index contributed by atoms with van der Waals surface area (Å²) >= 11 is 0. The van der Waals surface area contributed by atoms with E-state index in [0.717, 1.165) is 32.1 Å². The van der Waals surface area contributed by atoms with Crippen LogP contribution in [-0.4, -0.2) is 37.0 Å². The topological polar surface area (TPSA) is 55.8 Å². The number of hydrogen-bond donors (Lipinski definition) is 1. The van der Waals surface area contributed by atoms with Crippen LogP contribution in [0.3, 0.4) is 0 Å². The van der Waals surface area contributed by atoms with Gasteiger partial charge in [0.05, 0.1) is 13.2 Å². The molecule has 0 spiro atoms. The number of hydrogen-bond acceptors (Lipinski definition) is 4. The summed E-state index contributed by atoms with van der Waals surface area (Å²) in [7, 11) is 0. The number of unbranched alkanes of at least 4 members (excludes halogenated alkanes) is 27. The first-order valence-electron chi connectivity index (χ1n) is 22.1. The molecule has 1 N–H and O–H groups in total. The van der Waals surface area contributed by atoms with Gasteiger partial charge in [-0.2, -0.15) is 0 Å². The van der Waals surface area contributed by atoms with Crippen LogP contribution in [0.2, 0.25) is 0 Å². The summed E-state index contributed by atoms with van der Waals surface area (Å²) in [5.74, 6) is -0.201. The summed E-state index contributed by atoms with van der Waals surface area (Å²) in [4.78, 5) is 12.2. The van der Waals surface area contributed by atoms with Gasteiger partial charge in [-0.05, 0) is 51.4 Å². The number of esters is 1. The second-order valence-corrected chi connectivity index (χ2v) is 14.8. The molecule has 1 unspecified atom stereocenters. The van der Waals surface area contributed by atoms with E-state index in [9.17, 15) is 9.90 Å². The first-order chi connectivity index (χ1) is 24.7. The van der Waals surface area contributed by atoms with Crippen LogP contribution in [0.15, 0.2) is 36.5 Å². The molecule has 0 saturated carbocycles. The number of carbonyl (C=O) groups excluding carboxylic acids is 1. The Balaban J connectivity index is 3.42. The van der Waals surface area contributed by atoms with Crippen molar-refractivity contribution in [3.63, 3.8) is 0 Å². The van der Waals surface area contributed by atoms with Gasteiger partial charge in [0.25, 0.3) is 0 Å². The van der Waals surface area contributed by atoms with E-state index in [-0.39, 0.29) is 12.6 Å². The van der Waals surface area contributed by atoms with Gasteiger partial charge in [0, 0.05) is 13.0 Å². The standard InChI is InChI=1S/C46H86O4/c1-3-5-7-9-11-13-15-17-19-20-21-22-23-24-25-26-27-28-30-32-34-36-38-40-42-49-44-45(43-47)50-46(48)41-39-37-35-33-31-29-18-16-14-12-10-8-6-4-2/h15,17,20-21,23-24,45,47H,3-14,16,18-19,22,25-44H2,1-2H3/b17-15-,21-20-,24-23-. The third-order valence-electron chi connectivity index (χ3n) is 9.72. The highest BCUT2D eigenvalue weighted by Gasteiger charge is 2.13. The van der Waals surface area contributed by atoms with Crippen LogP contribution >= 0.6 is 0 Å². The minimum absolute atomic E-state index is 0.171. The maximum absolute atomic E-state index is 12.2. The lowest BCUT2D eigenvalue weighted by Gasteiger charge is -2.16. The van der Waals surface area contributed by atoms with Crippen LogP contribution in [0.4, 0.5) is 0 Å². The van der Waals surface area contributed by atoms with E-state index in [0.29, 0.717) is 19.6 Å². The van der Waals surface area contributed by atoms with E-state index in [1.54, 1.807) is 0 Å². The Kier molecular flexibility index (Phi) is 42.6. The molecule has 0 aromatic rings. The molecule has 4 nitrogen and oxygen atoms in total. The summed E-state index contributed by atoms with van der Waals surface area (Å²) in [6.07, 6.45) is 54.9. The van der Waals surface area contributed by atoms with Gasteiger partial charge in [-0.1, -0.05) is 204 Å². The molecule has 294 valence electrons. The Labute approximate surface area is 312 Å². The lowest BCUT2D eigenvalue weighted by Crippen LogP contribution is -2.27. The average molecular weight is 703 g/mol. The predicted molar refractivity (Wildman–Crippen MR) is 219 cm³/mol. The van der Waals surface area contributed by atoms with Crippen LogP contribution in [0.5, 0.6) is 0 Å². The van der Waals surface area contributed by atoms with Crippen LogP contribution in [-0.2, 0) is 14.3 Å². The minimum atomic E-state index is -0.534. The van der Waals surface area contributed by atoms with Crippen LogP contribution in [0.25, 0.3) is 0 Å². The van der Waals surface area contributed by atoms with Gasteiger partial charge >= 0.3 is 5.97 Å². The number of allylic oxidation sites excluding steroid dienone is 6. The maximum Gasteiger partial charge on any atom is 0.306 e. The molecule has 0 saturated heterocycles. The number of rotatable bonds is 41. The molecule has 0 radical (unpaired) electrons. The van der Waals surface area contributed by atoms with Crippen molar-refractivity contribution in [3.8, 4) is 0 Å². The van der Waals surface area contributed by atoms with Crippen LogP contribution < -0.4 is 0 Å². The van der Waals surface area contributed by atoms with E-state index < -0.39 is 6.10 Å². The fourth-order valence-electron chi connectivity index (χ4n) is 6.39. The third-order valence-corrected chi connectivity index (χ3v) is 9.72. The molecule has 0 aliphatic carbocycles. The Morgan fingerprint density at radius 3 is 1.26 bits per heavy atom. The molecule has 0 aliphatic heterocycles. The second kappa shape index (κ2) is 43.8. The van der Waals surface area contributed by atoms with Crippen molar-refractivity contribution in [2.24, 2.45) is 0 Å². The molecular formula is C46H86O4. The lowest BCUT2D eigenvalue weighted by atomic mass is 10.0. The molecule has 0 rings (SSSR count). The SMILES string of the molecule is CCCCCCC/C=C\C/C=C\C/C=C\CCCCCCCCCCCOCC(CO)OC(=O)CCCCCCCCCCCCCCCC. The summed E-state index contributed by atoms with van der Waals surface area (Å²) in [5.41, 5.74) is 0. The van der Waals surface area contributed by atoms with E-state index in [1.165, 1.54) is 173 Å². The fourth-order valence-corrected chi connectivity index (χ4v) is 6.39. The number of aliphatic hydroxyl groups excluding tert-OH is 1. The molecular weight excluding hydrogens is 617 g/mol. The van der Waals surface area contributed by atoms with Gasteiger partial charge in [0.15, 0.2) is 0 Å². The van der Waals surface area contributed by atoms with Crippen LogP contribution in [0.1, 0.15) is 226 Å². The number of carbonyl (C=O) groups is 1. The summed E-state index contributed by atoms with van der Waals surface area (Å²) < 4.78 is 11.2. The predicted octanol–water partition coefficient (Wildman–Crippen LogP) is 14.5. The maximum atomic E-state index is 12.2. The molecule has 0 aliphatic rings. The van der Waals surface area contributed by atoms with Crippen molar-refractivity contribution in [1.29, 1.82) is 0 Å². The average Bonchev–Trinajstić information content (AvgIpc) is 3.12. The molecule has 1 atom stereocenters. The normalized spacial score (nSPS) is 12.6. The molecule has 4 heteroatoms. The molecule has 0 heterocycles. The van der Waals surface area contributed by atoms with Crippen molar-refractivity contribution in [2.45, 2.75) is 232 Å². The van der Waals surface area contributed by atoms with Gasteiger partial charge < -0.3 is 14.6 Å². The van der Waals surface area contributed by atoms with Crippen molar-refractivity contribution in [3.05, 3.63) is 36.5 Å². The second-order valence-electron chi connectivity index (χ2n) is 14.8. The summed E-state index contributed by atoms with van der Waals surface area (Å²) in [6.45, 7) is 5.34. The van der Waals surface area contributed by atoms with Crippen molar-refractivity contribution in [2.75, 3.05) is 19.8 Å². The molecule has 0 aromatic heterocycles. The lowest BCUT2D eigenvalue weighted by molar-refractivity contribution is -0.154. The van der Waals surface area contributed by atoms with Crippen molar-refractivity contribution < 1.29 is 19.4 Å². The first kappa shape index (κ1) is 48.6. The quantitative estimate of drug-likeness (QED) is 0.0391. The monoisotopic (exact) mass is 703 g/mol. The van der Waals surface area contributed by atoms with E-state index in [2.05, 4.69) is 50.3 Å². The van der Waals surface area contributed by atoms with E-state index >= 15 is 0 Å². The Hall–Kier alpha value is -1.39. The smallest absolute Gasteiger partial charge is 0.306 e. The summed E-state index contributed by atoms with van der Waals surface area (Å²) in [5, 5.41) is 9.60. The number of ether oxygens (including phenoxy) is 2. The Bertz CT molecular complexity index is 742. The van der Waals surface area contributed by atoms with Crippen LogP contribution in [0, 0.1) is 0 Å². The van der Waals surface area contributed by atoms with Gasteiger partial charge in [-0.3, -0.25) is 4.79 Å². The summed E-state index contributed by atoms with van der Waals surface area (Å²) in [6, 6.07) is 0. The zero-order valence-corrected chi connectivity index (χ0v) is 33.7. The zero-order chi connectivity index (χ0) is 36.3. The first-order valence-corrected chi connectivity index (χ1v) is 22.1. The van der Waals surface area contributed by atoms with E-state index in [4.69, 9.17) is 9.47 Å². The zero-order valence-electron chi connectivity index (χ0n) is 33.7. The molecule has 0 bridgehead atoms. The largest absolute Gasteiger partial charge is 0.457 e. The van der Waals surface area contributed by atoms with Gasteiger partial charge in [-0.15, -0.1) is 0 Å². The highest BCUT2D eigenvalue weighted by Crippen LogP contribution is 2.14. The van der Waals surface area contributed by atoms with Crippen molar-refractivity contribution in [1.82, 2.24) is 0 Å². The fraction of sp³-hybridized carbons (Fsp3) is 0.848. The Morgan fingerprint density at radius 2 is 0.840 bits per heavy atom.